The summed E-state index contributed by atoms with van der Waals surface area (Å²) in [6.07, 6.45) is -6.50. The zero-order chi connectivity index (χ0) is 21.5. The van der Waals surface area contributed by atoms with Gasteiger partial charge in [-0.15, -0.1) is 0 Å². The number of amides is 1. The minimum Gasteiger partial charge on any atom is -0.493 e. The van der Waals surface area contributed by atoms with Crippen molar-refractivity contribution in [2.75, 3.05) is 18.2 Å². The van der Waals surface area contributed by atoms with Crippen molar-refractivity contribution in [1.82, 2.24) is 9.97 Å². The molecule has 1 amide bonds. The molecular formula is C15H13F5N4O4. The predicted molar refractivity (Wildman–Crippen MR) is 86.0 cm³/mol. The van der Waals surface area contributed by atoms with Gasteiger partial charge in [0.15, 0.2) is 11.6 Å². The molecule has 0 aliphatic rings. The maximum Gasteiger partial charge on any atom is 0.490 e. The van der Waals surface area contributed by atoms with Crippen LogP contribution in [-0.4, -0.2) is 40.2 Å². The monoisotopic (exact) mass is 408 g/mol. The minimum absolute atomic E-state index is 0.122. The van der Waals surface area contributed by atoms with Crippen molar-refractivity contribution < 1.29 is 41.4 Å². The normalized spacial score (nSPS) is 10.7. The highest BCUT2D eigenvalue weighted by Gasteiger charge is 2.38. The van der Waals surface area contributed by atoms with Crippen LogP contribution in [0, 0.1) is 0 Å². The van der Waals surface area contributed by atoms with Crippen LogP contribution in [0.1, 0.15) is 22.6 Å². The largest absolute Gasteiger partial charge is 0.493 e. The SMILES string of the molecule is COc1cc(NC(=O)c2cccc(C(F)F)n2)cnc1N.O=C(O)C(F)(F)F. The summed E-state index contributed by atoms with van der Waals surface area (Å²) in [5, 5.41) is 9.61. The van der Waals surface area contributed by atoms with Gasteiger partial charge in [0.2, 0.25) is 0 Å². The molecule has 2 heterocycles. The third-order valence-electron chi connectivity index (χ3n) is 2.83. The van der Waals surface area contributed by atoms with Crippen molar-refractivity contribution in [1.29, 1.82) is 0 Å². The standard InChI is InChI=1S/C13H12F2N4O2.C2HF3O2/c1-21-10-5-7(6-17-12(10)16)18-13(20)9-4-2-3-8(19-9)11(14)15;3-2(4,5)1(6)7/h2-6,11H,1H3,(H2,16,17)(H,18,20);(H,6,7). The number of carbonyl (C=O) groups is 2. The molecule has 2 rings (SSSR count). The van der Waals surface area contributed by atoms with Gasteiger partial charge in [0.1, 0.15) is 11.4 Å². The molecule has 152 valence electrons. The topological polar surface area (TPSA) is 127 Å². The van der Waals surface area contributed by atoms with Gasteiger partial charge >= 0.3 is 12.1 Å². The number of nitrogens with two attached hydrogens (primary N) is 1. The maximum absolute atomic E-state index is 12.5. The maximum atomic E-state index is 12.5. The summed E-state index contributed by atoms with van der Waals surface area (Å²) in [6, 6.07) is 5.29. The zero-order valence-electron chi connectivity index (χ0n) is 14.0. The van der Waals surface area contributed by atoms with Gasteiger partial charge in [-0.3, -0.25) is 4.79 Å². The molecular weight excluding hydrogens is 395 g/mol. The van der Waals surface area contributed by atoms with Gasteiger partial charge in [0.25, 0.3) is 12.3 Å². The van der Waals surface area contributed by atoms with Crippen LogP contribution in [0.2, 0.25) is 0 Å². The molecule has 13 heteroatoms. The number of ether oxygens (including phenoxy) is 1. The number of anilines is 2. The number of aromatic nitrogens is 2. The van der Waals surface area contributed by atoms with Crippen LogP contribution in [0.25, 0.3) is 0 Å². The number of nitrogens with zero attached hydrogens (tertiary/aromatic N) is 2. The van der Waals surface area contributed by atoms with Crippen LogP contribution >= 0.6 is 0 Å². The van der Waals surface area contributed by atoms with Crippen LogP contribution in [0.3, 0.4) is 0 Å². The van der Waals surface area contributed by atoms with E-state index in [-0.39, 0.29) is 11.5 Å². The quantitative estimate of drug-likeness (QED) is 0.664. The summed E-state index contributed by atoms with van der Waals surface area (Å²) in [5.41, 5.74) is 5.28. The fourth-order valence-electron chi connectivity index (χ4n) is 1.58. The lowest BCUT2D eigenvalue weighted by Gasteiger charge is -2.08. The summed E-state index contributed by atoms with van der Waals surface area (Å²) < 4.78 is 61.8. The molecule has 0 saturated heterocycles. The van der Waals surface area contributed by atoms with Gasteiger partial charge in [0, 0.05) is 6.07 Å². The van der Waals surface area contributed by atoms with E-state index in [0.717, 1.165) is 6.07 Å². The number of halogens is 5. The Morgan fingerprint density at radius 1 is 1.29 bits per heavy atom. The second kappa shape index (κ2) is 9.43. The molecule has 0 radical (unpaired) electrons. The molecule has 0 bridgehead atoms. The number of hydrogen-bond acceptors (Lipinski definition) is 6. The molecule has 0 aromatic carbocycles. The van der Waals surface area contributed by atoms with Gasteiger partial charge in [-0.05, 0) is 12.1 Å². The van der Waals surface area contributed by atoms with Crippen molar-refractivity contribution in [2.45, 2.75) is 12.6 Å². The van der Waals surface area contributed by atoms with Crippen LogP contribution in [0.4, 0.5) is 33.5 Å². The molecule has 4 N–H and O–H groups in total. The molecule has 2 aromatic rings. The van der Waals surface area contributed by atoms with E-state index in [0.29, 0.717) is 11.4 Å². The lowest BCUT2D eigenvalue weighted by Crippen LogP contribution is -2.21. The van der Waals surface area contributed by atoms with Gasteiger partial charge in [-0.25, -0.2) is 23.5 Å². The molecule has 0 unspecified atom stereocenters. The second-order valence-electron chi connectivity index (χ2n) is 4.82. The van der Waals surface area contributed by atoms with Gasteiger partial charge < -0.3 is 20.9 Å². The summed E-state index contributed by atoms with van der Waals surface area (Å²) in [5.74, 6) is -2.92. The number of rotatable bonds is 4. The van der Waals surface area contributed by atoms with Crippen molar-refractivity contribution in [3.05, 3.63) is 41.9 Å². The van der Waals surface area contributed by atoms with E-state index >= 15 is 0 Å². The molecule has 2 aromatic heterocycles. The molecule has 0 aliphatic carbocycles. The number of carboxylic acids is 1. The zero-order valence-corrected chi connectivity index (χ0v) is 14.0. The van der Waals surface area contributed by atoms with Crippen LogP contribution in [0.5, 0.6) is 5.75 Å². The Balaban J connectivity index is 0.000000480. The highest BCUT2D eigenvalue weighted by molar-refractivity contribution is 6.02. The van der Waals surface area contributed by atoms with E-state index in [1.807, 2.05) is 0 Å². The van der Waals surface area contributed by atoms with Crippen LogP contribution < -0.4 is 15.8 Å². The predicted octanol–water partition coefficient (Wildman–Crippen LogP) is 2.89. The van der Waals surface area contributed by atoms with E-state index in [9.17, 15) is 26.7 Å². The smallest absolute Gasteiger partial charge is 0.490 e. The third-order valence-corrected chi connectivity index (χ3v) is 2.83. The highest BCUT2D eigenvalue weighted by atomic mass is 19.4. The Morgan fingerprint density at radius 3 is 2.39 bits per heavy atom. The van der Waals surface area contributed by atoms with Gasteiger partial charge in [-0.1, -0.05) is 6.07 Å². The average Bonchev–Trinajstić information content (AvgIpc) is 2.63. The first-order chi connectivity index (χ1) is 13.0. The summed E-state index contributed by atoms with van der Waals surface area (Å²) in [6.45, 7) is 0. The second-order valence-corrected chi connectivity index (χ2v) is 4.82. The van der Waals surface area contributed by atoms with E-state index in [1.54, 1.807) is 0 Å². The molecule has 0 spiro atoms. The summed E-state index contributed by atoms with van der Waals surface area (Å²) >= 11 is 0. The Morgan fingerprint density at radius 2 is 1.89 bits per heavy atom. The summed E-state index contributed by atoms with van der Waals surface area (Å²) in [7, 11) is 1.41. The summed E-state index contributed by atoms with van der Waals surface area (Å²) in [4.78, 5) is 28.3. The molecule has 28 heavy (non-hydrogen) atoms. The number of nitrogens with one attached hydrogen (secondary N) is 1. The molecule has 8 nitrogen and oxygen atoms in total. The van der Waals surface area contributed by atoms with Crippen molar-refractivity contribution in [3.63, 3.8) is 0 Å². The number of hydrogen-bond donors (Lipinski definition) is 3. The minimum atomic E-state index is -5.08. The van der Waals surface area contributed by atoms with Gasteiger partial charge in [0.05, 0.1) is 19.0 Å². The Labute approximate surface area is 154 Å². The Bertz CT molecular complexity index is 845. The van der Waals surface area contributed by atoms with Crippen molar-refractivity contribution in [3.8, 4) is 5.75 Å². The molecule has 0 fully saturated rings. The number of alkyl halides is 5. The number of aliphatic carboxylic acids is 1. The Kier molecular flexibility index (Phi) is 7.59. The average molecular weight is 408 g/mol. The lowest BCUT2D eigenvalue weighted by molar-refractivity contribution is -0.192. The number of carboxylic acid groups (broad SMARTS) is 1. The molecule has 0 atom stereocenters. The van der Waals surface area contributed by atoms with E-state index in [1.165, 1.54) is 31.5 Å². The number of nitrogen functional groups attached to an aromatic ring is 1. The van der Waals surface area contributed by atoms with Gasteiger partial charge in [-0.2, -0.15) is 13.2 Å². The fourth-order valence-corrected chi connectivity index (χ4v) is 1.58. The Hall–Kier alpha value is -3.51. The van der Waals surface area contributed by atoms with E-state index in [2.05, 4.69) is 15.3 Å². The highest BCUT2D eigenvalue weighted by Crippen LogP contribution is 2.22. The fraction of sp³-hybridized carbons (Fsp3) is 0.200. The first-order valence-corrected chi connectivity index (χ1v) is 7.11. The number of methoxy groups -OCH3 is 1. The third kappa shape index (κ3) is 6.66. The van der Waals surface area contributed by atoms with Crippen molar-refractivity contribution >= 4 is 23.4 Å². The first-order valence-electron chi connectivity index (χ1n) is 7.11. The first kappa shape index (κ1) is 22.5. The van der Waals surface area contributed by atoms with Crippen LogP contribution in [-0.2, 0) is 4.79 Å². The van der Waals surface area contributed by atoms with Crippen LogP contribution in [0.15, 0.2) is 30.5 Å². The van der Waals surface area contributed by atoms with E-state index < -0.39 is 30.2 Å². The molecule has 0 aliphatic heterocycles. The van der Waals surface area contributed by atoms with E-state index in [4.69, 9.17) is 20.4 Å². The lowest BCUT2D eigenvalue weighted by atomic mass is 10.3. The number of pyridine rings is 2. The number of carbonyl (C=O) groups excluding carboxylic acids is 1. The molecule has 0 saturated carbocycles. The van der Waals surface area contributed by atoms with Crippen molar-refractivity contribution in [2.24, 2.45) is 0 Å².